The minimum Gasteiger partial charge on any atom is -0.472 e. The third-order valence-electron chi connectivity index (χ3n) is 2.95. The summed E-state index contributed by atoms with van der Waals surface area (Å²) in [6, 6.07) is 1.95. The van der Waals surface area contributed by atoms with Crippen LogP contribution in [-0.4, -0.2) is 50.7 Å². The van der Waals surface area contributed by atoms with E-state index in [1.54, 1.807) is 12.5 Å². The van der Waals surface area contributed by atoms with Crippen molar-refractivity contribution in [2.75, 3.05) is 37.4 Å². The van der Waals surface area contributed by atoms with Crippen LogP contribution in [0.15, 0.2) is 23.0 Å². The molecule has 1 aromatic heterocycles. The van der Waals surface area contributed by atoms with Crippen molar-refractivity contribution in [1.29, 1.82) is 0 Å². The fourth-order valence-electron chi connectivity index (χ4n) is 2.04. The summed E-state index contributed by atoms with van der Waals surface area (Å²) >= 11 is 1.93. The van der Waals surface area contributed by atoms with Crippen molar-refractivity contribution in [3.63, 3.8) is 0 Å². The van der Waals surface area contributed by atoms with Crippen molar-refractivity contribution in [3.05, 3.63) is 24.2 Å². The number of thioether (sulfide) groups is 1. The predicted molar refractivity (Wildman–Crippen MR) is 73.2 cm³/mol. The quantitative estimate of drug-likeness (QED) is 0.873. The number of hydrogen-bond donors (Lipinski definition) is 1. The largest absolute Gasteiger partial charge is 0.472 e. The van der Waals surface area contributed by atoms with Crippen LogP contribution in [0, 0.1) is 0 Å². The molecular weight excluding hydrogens is 272 g/mol. The lowest BCUT2D eigenvalue weighted by atomic mass is 10.1. The fraction of sp³-hybridized carbons (Fsp3) is 0.636. The molecular formula is C11H18N2O3S2. The third-order valence-corrected chi connectivity index (χ3v) is 4.59. The van der Waals surface area contributed by atoms with Gasteiger partial charge >= 0.3 is 0 Å². The Labute approximate surface area is 112 Å². The van der Waals surface area contributed by atoms with Gasteiger partial charge in [-0.1, -0.05) is 0 Å². The molecule has 2 rings (SSSR count). The Morgan fingerprint density at radius 2 is 2.22 bits per heavy atom. The molecule has 1 aromatic rings. The minimum atomic E-state index is -3.16. The van der Waals surface area contributed by atoms with Crippen LogP contribution >= 0.6 is 11.8 Å². The number of nitrogens with zero attached hydrogens (tertiary/aromatic N) is 1. The van der Waals surface area contributed by atoms with Gasteiger partial charge in [0, 0.05) is 36.7 Å². The Kier molecular flexibility index (Phi) is 4.71. The molecule has 1 fully saturated rings. The molecule has 1 atom stereocenters. The van der Waals surface area contributed by atoms with Gasteiger partial charge in [0.1, 0.15) is 0 Å². The Balaban J connectivity index is 2.07. The molecule has 1 saturated heterocycles. The molecule has 2 heterocycles. The van der Waals surface area contributed by atoms with E-state index in [0.717, 1.165) is 30.2 Å². The number of furan rings is 1. The van der Waals surface area contributed by atoms with Gasteiger partial charge < -0.3 is 4.42 Å². The van der Waals surface area contributed by atoms with E-state index < -0.39 is 10.0 Å². The number of nitrogens with one attached hydrogen (secondary N) is 1. The first kappa shape index (κ1) is 13.9. The molecule has 0 unspecified atom stereocenters. The molecule has 1 aliphatic rings. The lowest BCUT2D eigenvalue weighted by Crippen LogP contribution is -2.41. The van der Waals surface area contributed by atoms with Gasteiger partial charge in [-0.25, -0.2) is 13.1 Å². The van der Waals surface area contributed by atoms with E-state index >= 15 is 0 Å². The average molecular weight is 290 g/mol. The smallest absolute Gasteiger partial charge is 0.208 e. The molecule has 0 amide bonds. The lowest BCUT2D eigenvalue weighted by Gasteiger charge is -2.33. The summed E-state index contributed by atoms with van der Waals surface area (Å²) in [6.45, 7) is 2.35. The summed E-state index contributed by atoms with van der Waals surface area (Å²) in [6.07, 6.45) is 4.50. The standard InChI is InChI=1S/C11H18N2O3S2/c1-18(14,15)12-8-11(10-2-5-16-9-10)13-3-6-17-7-4-13/h2,5,9,11-12H,3-4,6-8H2,1H3/t11-/m1/s1. The Morgan fingerprint density at radius 1 is 1.50 bits per heavy atom. The highest BCUT2D eigenvalue weighted by Crippen LogP contribution is 2.24. The molecule has 0 aliphatic carbocycles. The van der Waals surface area contributed by atoms with Crippen molar-refractivity contribution >= 4 is 21.8 Å². The maximum atomic E-state index is 11.2. The van der Waals surface area contributed by atoms with Crippen molar-refractivity contribution in [2.24, 2.45) is 0 Å². The third kappa shape index (κ3) is 4.01. The lowest BCUT2D eigenvalue weighted by molar-refractivity contribution is 0.218. The second kappa shape index (κ2) is 6.10. The van der Waals surface area contributed by atoms with Gasteiger partial charge in [0.05, 0.1) is 24.8 Å². The first-order chi connectivity index (χ1) is 8.56. The summed E-state index contributed by atoms with van der Waals surface area (Å²) in [7, 11) is -3.16. The van der Waals surface area contributed by atoms with Gasteiger partial charge in [-0.2, -0.15) is 11.8 Å². The number of rotatable bonds is 5. The molecule has 0 spiro atoms. The topological polar surface area (TPSA) is 62.6 Å². The monoisotopic (exact) mass is 290 g/mol. The highest BCUT2D eigenvalue weighted by Gasteiger charge is 2.24. The van der Waals surface area contributed by atoms with E-state index in [2.05, 4.69) is 9.62 Å². The van der Waals surface area contributed by atoms with Gasteiger partial charge in [-0.15, -0.1) is 0 Å². The second-order valence-corrected chi connectivity index (χ2v) is 7.40. The molecule has 102 valence electrons. The summed E-state index contributed by atoms with van der Waals surface area (Å²) < 4.78 is 30.2. The van der Waals surface area contributed by atoms with Gasteiger partial charge in [0.2, 0.25) is 10.0 Å². The SMILES string of the molecule is CS(=O)(=O)NC[C@H](c1ccoc1)N1CCSCC1. The average Bonchev–Trinajstić information content (AvgIpc) is 2.83. The van der Waals surface area contributed by atoms with E-state index in [1.807, 2.05) is 17.8 Å². The summed E-state index contributed by atoms with van der Waals surface area (Å²) in [5.41, 5.74) is 1.03. The maximum absolute atomic E-state index is 11.2. The van der Waals surface area contributed by atoms with Crippen molar-refractivity contribution < 1.29 is 12.8 Å². The molecule has 18 heavy (non-hydrogen) atoms. The molecule has 5 nitrogen and oxygen atoms in total. The zero-order chi connectivity index (χ0) is 13.0. The zero-order valence-electron chi connectivity index (χ0n) is 10.3. The van der Waals surface area contributed by atoms with Gasteiger partial charge in [-0.3, -0.25) is 4.90 Å². The van der Waals surface area contributed by atoms with Crippen LogP contribution in [0.25, 0.3) is 0 Å². The summed E-state index contributed by atoms with van der Waals surface area (Å²) in [5.74, 6) is 2.18. The van der Waals surface area contributed by atoms with E-state index in [0.29, 0.717) is 6.54 Å². The zero-order valence-corrected chi connectivity index (χ0v) is 12.0. The van der Waals surface area contributed by atoms with Crippen LogP contribution in [-0.2, 0) is 10.0 Å². The van der Waals surface area contributed by atoms with Crippen LogP contribution < -0.4 is 4.72 Å². The highest BCUT2D eigenvalue weighted by atomic mass is 32.2. The fourth-order valence-corrected chi connectivity index (χ4v) is 3.43. The molecule has 1 aliphatic heterocycles. The Bertz CT molecular complexity index is 453. The molecule has 0 saturated carbocycles. The van der Waals surface area contributed by atoms with Crippen molar-refractivity contribution in [3.8, 4) is 0 Å². The van der Waals surface area contributed by atoms with E-state index in [1.165, 1.54) is 6.26 Å². The van der Waals surface area contributed by atoms with Gasteiger partial charge in [-0.05, 0) is 6.07 Å². The van der Waals surface area contributed by atoms with E-state index in [-0.39, 0.29) is 6.04 Å². The van der Waals surface area contributed by atoms with Gasteiger partial charge in [0.15, 0.2) is 0 Å². The summed E-state index contributed by atoms with van der Waals surface area (Å²) in [5, 5.41) is 0. The van der Waals surface area contributed by atoms with Crippen molar-refractivity contribution in [2.45, 2.75) is 6.04 Å². The number of sulfonamides is 1. The van der Waals surface area contributed by atoms with Gasteiger partial charge in [0.25, 0.3) is 0 Å². The normalized spacial score (nSPS) is 19.8. The van der Waals surface area contributed by atoms with Crippen LogP contribution in [0.4, 0.5) is 0 Å². The van der Waals surface area contributed by atoms with Crippen molar-refractivity contribution in [1.82, 2.24) is 9.62 Å². The van der Waals surface area contributed by atoms with Crippen LogP contribution in [0.1, 0.15) is 11.6 Å². The Hall–Kier alpha value is -0.500. The maximum Gasteiger partial charge on any atom is 0.208 e. The Morgan fingerprint density at radius 3 is 2.78 bits per heavy atom. The predicted octanol–water partition coefficient (Wildman–Crippen LogP) is 0.919. The van der Waals surface area contributed by atoms with Crippen LogP contribution in [0.5, 0.6) is 0 Å². The van der Waals surface area contributed by atoms with Crippen LogP contribution in [0.2, 0.25) is 0 Å². The van der Waals surface area contributed by atoms with E-state index in [4.69, 9.17) is 4.42 Å². The van der Waals surface area contributed by atoms with Crippen LogP contribution in [0.3, 0.4) is 0 Å². The number of hydrogen-bond acceptors (Lipinski definition) is 5. The molecule has 1 N–H and O–H groups in total. The van der Waals surface area contributed by atoms with E-state index in [9.17, 15) is 8.42 Å². The molecule has 0 bridgehead atoms. The molecule has 0 radical (unpaired) electrons. The first-order valence-corrected chi connectivity index (χ1v) is 8.89. The first-order valence-electron chi connectivity index (χ1n) is 5.85. The minimum absolute atomic E-state index is 0.0550. The second-order valence-electron chi connectivity index (χ2n) is 4.34. The highest BCUT2D eigenvalue weighted by molar-refractivity contribution is 7.99. The molecule has 7 heteroatoms. The molecule has 0 aromatic carbocycles. The summed E-state index contributed by atoms with van der Waals surface area (Å²) in [4.78, 5) is 2.31.